The summed E-state index contributed by atoms with van der Waals surface area (Å²) in [7, 11) is -6.85. The first-order valence-electron chi connectivity index (χ1n) is 26.5. The second kappa shape index (κ2) is 14.1. The maximum atomic E-state index is 14.9. The molecular weight excluding hydrogens is 646 g/mol. The Kier molecular flexibility index (Phi) is 5.55. The maximum absolute atomic E-state index is 14.9. The van der Waals surface area contributed by atoms with E-state index in [9.17, 15) is 32.4 Å². The highest BCUT2D eigenvalue weighted by molar-refractivity contribution is 7.92. The van der Waals surface area contributed by atoms with Crippen LogP contribution in [-0.2, 0) is 29.0 Å². The Morgan fingerprint density at radius 2 is 1.65 bits per heavy atom. The van der Waals surface area contributed by atoms with E-state index < -0.39 is 155 Å². The number of nitrogens with zero attached hydrogens (tertiary/aromatic N) is 1. The van der Waals surface area contributed by atoms with Crippen molar-refractivity contribution in [2.75, 3.05) is 12.3 Å². The predicted molar refractivity (Wildman–Crippen MR) is 188 cm³/mol. The molecule has 0 bridgehead atoms. The number of piperidine rings is 1. The molecule has 1 aliphatic heterocycles. The number of urea groups is 1. The molecule has 4 fully saturated rings. The number of fused-ring (bicyclic) bond motifs is 1. The van der Waals surface area contributed by atoms with Crippen molar-refractivity contribution in [2.45, 2.75) is 160 Å². The standard InChI is InChI=1S/C36H61N5O7S/c1-10-11-15-24(27(42)30(44)37-22-16-17-22)38-29(43)26-25-23(35(25,8)9)20-41(26)31(45)28(33(2,3)4)39-32(46)40-36(18-13-12-14-19-36)21-49(47,48)34(5,6)7/h22-26,28H,10-21H2,1-9H3,(H,37,44)(H,38,43)(H2,39,40,46)/t23-,24-,25-,26-,28+/m0/s1/i5D3,6D3,7D3,10D2,12D2,13D2,14D2,18D2,19D2. The zero-order valence-electron chi connectivity index (χ0n) is 49.4. The smallest absolute Gasteiger partial charge is 0.315 e. The number of carbonyl (C=O) groups is 5. The Labute approximate surface area is 322 Å². The summed E-state index contributed by atoms with van der Waals surface area (Å²) in [4.78, 5) is 71.1. The largest absolute Gasteiger partial charge is 0.347 e. The van der Waals surface area contributed by atoms with Gasteiger partial charge in [-0.15, -0.1) is 0 Å². The van der Waals surface area contributed by atoms with Crippen LogP contribution in [0.4, 0.5) is 4.79 Å². The number of sulfone groups is 1. The van der Waals surface area contributed by atoms with E-state index in [1.54, 1.807) is 13.8 Å². The normalized spacial score (nSPS) is 38.3. The van der Waals surface area contributed by atoms with Gasteiger partial charge in [0.05, 0.1) is 22.1 Å². The lowest BCUT2D eigenvalue weighted by Crippen LogP contribution is -2.64. The van der Waals surface area contributed by atoms with Gasteiger partial charge in [-0.2, -0.15) is 0 Å². The van der Waals surface area contributed by atoms with E-state index in [4.69, 9.17) is 28.8 Å². The molecule has 0 aromatic carbocycles. The van der Waals surface area contributed by atoms with Gasteiger partial charge in [0, 0.05) is 41.4 Å². The van der Waals surface area contributed by atoms with Crippen molar-refractivity contribution in [1.82, 2.24) is 26.2 Å². The van der Waals surface area contributed by atoms with E-state index in [-0.39, 0.29) is 25.4 Å². The minimum Gasteiger partial charge on any atom is -0.347 e. The van der Waals surface area contributed by atoms with Crippen molar-refractivity contribution in [2.24, 2.45) is 22.7 Å². The van der Waals surface area contributed by atoms with Crippen LogP contribution in [0.25, 0.3) is 0 Å². The van der Waals surface area contributed by atoms with Crippen molar-refractivity contribution in [3.05, 3.63) is 0 Å². The third-order valence-electron chi connectivity index (χ3n) is 9.48. The molecule has 4 aliphatic rings. The summed E-state index contributed by atoms with van der Waals surface area (Å²) >= 11 is 0. The molecule has 0 unspecified atom stereocenters. The van der Waals surface area contributed by atoms with Gasteiger partial charge in [0.2, 0.25) is 17.6 Å². The van der Waals surface area contributed by atoms with E-state index in [1.165, 1.54) is 33.0 Å². The van der Waals surface area contributed by atoms with Gasteiger partial charge in [0.1, 0.15) is 12.1 Å². The van der Waals surface area contributed by atoms with Gasteiger partial charge in [0.15, 0.2) is 9.84 Å². The number of amides is 5. The summed E-state index contributed by atoms with van der Waals surface area (Å²) in [5.41, 5.74) is -6.70. The van der Waals surface area contributed by atoms with Crippen molar-refractivity contribution in [3.8, 4) is 0 Å². The van der Waals surface area contributed by atoms with Gasteiger partial charge in [-0.05, 0) is 75.2 Å². The first-order chi connectivity index (χ1) is 30.7. The Morgan fingerprint density at radius 1 is 1.02 bits per heavy atom. The third-order valence-corrected chi connectivity index (χ3v) is 11.2. The van der Waals surface area contributed by atoms with Gasteiger partial charge in [-0.3, -0.25) is 19.2 Å². The highest BCUT2D eigenvalue weighted by atomic mass is 32.2. The number of hydrogen-bond donors (Lipinski definition) is 4. The van der Waals surface area contributed by atoms with Crippen LogP contribution in [0.1, 0.15) is 155 Å². The molecule has 4 rings (SSSR count). The average molecular weight is 729 g/mol. The fraction of sp³-hybridized carbons (Fsp3) is 0.861. The second-order valence-electron chi connectivity index (χ2n) is 14.8. The molecule has 13 heteroatoms. The summed E-state index contributed by atoms with van der Waals surface area (Å²) < 4.78 is 199. The van der Waals surface area contributed by atoms with Gasteiger partial charge in [-0.25, -0.2) is 13.2 Å². The van der Waals surface area contributed by atoms with E-state index in [0.717, 1.165) is 4.90 Å². The fourth-order valence-corrected chi connectivity index (χ4v) is 7.35. The molecule has 0 radical (unpaired) electrons. The van der Waals surface area contributed by atoms with Crippen LogP contribution >= 0.6 is 0 Å². The number of carbonyl (C=O) groups excluding carboxylic acids is 5. The van der Waals surface area contributed by atoms with E-state index in [2.05, 4.69) is 16.0 Å². The highest BCUT2D eigenvalue weighted by Gasteiger charge is 2.70. The predicted octanol–water partition coefficient (Wildman–Crippen LogP) is 3.62. The third kappa shape index (κ3) is 8.79. The van der Waals surface area contributed by atoms with Gasteiger partial charge < -0.3 is 26.2 Å². The highest BCUT2D eigenvalue weighted by Crippen LogP contribution is 2.65. The van der Waals surface area contributed by atoms with E-state index >= 15 is 0 Å². The van der Waals surface area contributed by atoms with Gasteiger partial charge in [0.25, 0.3) is 5.91 Å². The summed E-state index contributed by atoms with van der Waals surface area (Å²) in [6, 6.07) is -7.34. The molecular formula is C36H61N5O7S. The summed E-state index contributed by atoms with van der Waals surface area (Å²) in [6.45, 7) is -5.39. The minimum absolute atomic E-state index is 0.201. The Hall–Kier alpha value is -2.70. The molecule has 1 heterocycles. The molecule has 12 nitrogen and oxygen atoms in total. The van der Waals surface area contributed by atoms with Crippen molar-refractivity contribution in [3.63, 3.8) is 0 Å². The summed E-state index contributed by atoms with van der Waals surface area (Å²) in [6.07, 6.45) is -23.8. The number of nitrogens with one attached hydrogen (secondary N) is 4. The molecule has 4 N–H and O–H groups in total. The Balaban J connectivity index is 1.88. The van der Waals surface area contributed by atoms with E-state index in [0.29, 0.717) is 12.8 Å². The molecule has 0 aromatic heterocycles. The number of likely N-dealkylation sites (tertiary alicyclic amines) is 1. The fourth-order valence-electron chi connectivity index (χ4n) is 6.35. The average Bonchev–Trinajstić information content (AvgIpc) is 3.98. The topological polar surface area (TPSA) is 171 Å². The molecule has 5 atom stereocenters. The van der Waals surface area contributed by atoms with Crippen LogP contribution in [0.3, 0.4) is 0 Å². The first kappa shape index (κ1) is 19.2. The molecule has 1 saturated heterocycles. The summed E-state index contributed by atoms with van der Waals surface area (Å²) in [5, 5.41) is 8.62. The zero-order chi connectivity index (χ0) is 55.0. The Morgan fingerprint density at radius 3 is 2.20 bits per heavy atom. The van der Waals surface area contributed by atoms with Crippen LogP contribution in [0, 0.1) is 22.7 Å². The minimum atomic E-state index is -6.85. The molecule has 49 heavy (non-hydrogen) atoms. The number of Topliss-reactive ketones (excluding diaryl/α,β-unsaturated/α-hetero) is 1. The van der Waals surface area contributed by atoms with Gasteiger partial charge in [-0.1, -0.05) is 73.5 Å². The van der Waals surface area contributed by atoms with Crippen molar-refractivity contribution >= 4 is 39.4 Å². The molecule has 0 aromatic rings. The number of hydrogen-bond acceptors (Lipinski definition) is 7. The lowest BCUT2D eigenvalue weighted by atomic mass is 9.83. The van der Waals surface area contributed by atoms with Crippen molar-refractivity contribution in [1.29, 1.82) is 0 Å². The second-order valence-corrected chi connectivity index (χ2v) is 17.0. The van der Waals surface area contributed by atoms with Crippen LogP contribution in [0.2, 0.25) is 0 Å². The van der Waals surface area contributed by atoms with Crippen LogP contribution < -0.4 is 21.3 Å². The zero-order valence-corrected chi connectivity index (χ0v) is 29.2. The van der Waals surface area contributed by atoms with Gasteiger partial charge >= 0.3 is 6.03 Å². The number of ketones is 1. The molecule has 5 amide bonds. The molecule has 3 saturated carbocycles. The Bertz CT molecular complexity index is 2170. The lowest BCUT2D eigenvalue weighted by molar-refractivity contribution is -0.145. The quantitative estimate of drug-likeness (QED) is 0.210. The monoisotopic (exact) mass is 729 g/mol. The lowest BCUT2D eigenvalue weighted by Gasteiger charge is -2.41. The molecule has 0 spiro atoms. The maximum Gasteiger partial charge on any atom is 0.315 e. The SMILES string of the molecule is [2H]C([2H])(C)CC[C@H](NC(=O)[C@@H]1[C@@H]2[C@H](CN1C(=O)[C@@H](NC(=O)NC1(CS(=O)(=O)C(C([2H])([2H])[2H])(C([2H])([2H])[2H])C([2H])([2H])[2H])C([2H])([2H])C([2H])([2H])C([2H])([2H])C([2H])([2H])C1([2H])[2H])C(C)(C)C)C2(C)C)C(=O)C(=O)NC1CC1. The van der Waals surface area contributed by atoms with E-state index in [1.807, 2.05) is 0 Å². The van der Waals surface area contributed by atoms with Crippen molar-refractivity contribution < 1.29 is 61.2 Å². The van der Waals surface area contributed by atoms with Crippen LogP contribution in [0.15, 0.2) is 0 Å². The summed E-state index contributed by atoms with van der Waals surface area (Å²) in [5.74, 6) is -8.12. The molecule has 278 valence electrons. The van der Waals surface area contributed by atoms with Crippen LogP contribution in [0.5, 0.6) is 0 Å². The first-order valence-corrected chi connectivity index (χ1v) is 17.7. The van der Waals surface area contributed by atoms with Crippen LogP contribution in [-0.4, -0.2) is 89.6 Å². The molecule has 3 aliphatic carbocycles. The number of rotatable bonds is 13.